The number of benzene rings is 1. The molecule has 2 amide bonds. The second-order valence-corrected chi connectivity index (χ2v) is 5.66. The van der Waals surface area contributed by atoms with Gasteiger partial charge in [-0.1, -0.05) is 30.3 Å². The van der Waals surface area contributed by atoms with E-state index in [1.165, 1.54) is 0 Å². The number of amides is 2. The molecule has 1 heterocycles. The molecule has 5 nitrogen and oxygen atoms in total. The van der Waals surface area contributed by atoms with E-state index in [1.54, 1.807) is 12.4 Å². The third-order valence-corrected chi connectivity index (χ3v) is 3.86. The van der Waals surface area contributed by atoms with Gasteiger partial charge in [-0.15, -0.1) is 0 Å². The molecule has 0 fully saturated rings. The quantitative estimate of drug-likeness (QED) is 0.734. The van der Waals surface area contributed by atoms with Crippen LogP contribution >= 0.6 is 0 Å². The van der Waals surface area contributed by atoms with E-state index < -0.39 is 5.54 Å². The van der Waals surface area contributed by atoms with Gasteiger partial charge >= 0.3 is 6.03 Å². The zero-order valence-corrected chi connectivity index (χ0v) is 13.3. The van der Waals surface area contributed by atoms with Gasteiger partial charge in [0, 0.05) is 25.5 Å². The Balaban J connectivity index is 1.91. The minimum Gasteiger partial charge on any atom is -0.396 e. The molecule has 0 saturated carbocycles. The van der Waals surface area contributed by atoms with Gasteiger partial charge < -0.3 is 15.7 Å². The highest BCUT2D eigenvalue weighted by molar-refractivity contribution is 5.75. The summed E-state index contributed by atoms with van der Waals surface area (Å²) >= 11 is 0. The number of aliphatic hydroxyl groups excluding tert-OH is 1. The maximum absolute atomic E-state index is 12.2. The molecule has 0 aliphatic carbocycles. The van der Waals surface area contributed by atoms with E-state index in [-0.39, 0.29) is 12.6 Å². The highest BCUT2D eigenvalue weighted by atomic mass is 16.3. The van der Waals surface area contributed by atoms with Crippen molar-refractivity contribution in [3.05, 3.63) is 66.0 Å². The predicted molar refractivity (Wildman–Crippen MR) is 90.0 cm³/mol. The van der Waals surface area contributed by atoms with E-state index in [0.29, 0.717) is 13.0 Å². The largest absolute Gasteiger partial charge is 0.396 e. The van der Waals surface area contributed by atoms with Crippen molar-refractivity contribution in [3.63, 3.8) is 0 Å². The first-order valence-corrected chi connectivity index (χ1v) is 7.75. The predicted octanol–water partition coefficient (Wildman–Crippen LogP) is 2.22. The van der Waals surface area contributed by atoms with Gasteiger partial charge in [-0.2, -0.15) is 0 Å². The minimum atomic E-state index is -0.600. The van der Waals surface area contributed by atoms with Crippen LogP contribution in [-0.4, -0.2) is 29.3 Å². The van der Waals surface area contributed by atoms with E-state index in [4.69, 9.17) is 0 Å². The van der Waals surface area contributed by atoms with Crippen LogP contribution in [0.2, 0.25) is 0 Å². The van der Waals surface area contributed by atoms with Crippen molar-refractivity contribution in [1.29, 1.82) is 0 Å². The van der Waals surface area contributed by atoms with Gasteiger partial charge in [-0.05, 0) is 43.0 Å². The number of hydrogen-bond acceptors (Lipinski definition) is 3. The van der Waals surface area contributed by atoms with Gasteiger partial charge in [0.05, 0.1) is 5.54 Å². The summed E-state index contributed by atoms with van der Waals surface area (Å²) in [7, 11) is 0. The molecule has 2 rings (SSSR count). The van der Waals surface area contributed by atoms with Gasteiger partial charge in [0.25, 0.3) is 0 Å². The number of nitrogens with zero attached hydrogens (tertiary/aromatic N) is 1. The van der Waals surface area contributed by atoms with Crippen molar-refractivity contribution >= 4 is 6.03 Å². The number of carbonyl (C=O) groups is 1. The Morgan fingerprint density at radius 2 is 1.87 bits per heavy atom. The average Bonchev–Trinajstić information content (AvgIpc) is 2.57. The molecule has 5 heteroatoms. The van der Waals surface area contributed by atoms with Crippen LogP contribution in [0.25, 0.3) is 0 Å². The number of aromatic nitrogens is 1. The fourth-order valence-electron chi connectivity index (χ4n) is 2.47. The second kappa shape index (κ2) is 8.29. The summed E-state index contributed by atoms with van der Waals surface area (Å²) in [6.07, 6.45) is 4.68. The molecule has 1 aromatic carbocycles. The number of pyridine rings is 1. The van der Waals surface area contributed by atoms with E-state index in [1.807, 2.05) is 49.4 Å². The zero-order chi connectivity index (χ0) is 16.5. The molecular weight excluding hydrogens is 290 g/mol. The smallest absolute Gasteiger partial charge is 0.315 e. The Labute approximate surface area is 136 Å². The molecule has 0 saturated heterocycles. The SMILES string of the molecule is CC(CCO)(NC(=O)NCCc1ccncc1)c1ccccc1. The Kier molecular flexibility index (Phi) is 6.11. The summed E-state index contributed by atoms with van der Waals surface area (Å²) < 4.78 is 0. The van der Waals surface area contributed by atoms with Crippen molar-refractivity contribution in [2.24, 2.45) is 0 Å². The van der Waals surface area contributed by atoms with Crippen LogP contribution in [0.5, 0.6) is 0 Å². The van der Waals surface area contributed by atoms with Crippen LogP contribution in [0.3, 0.4) is 0 Å². The minimum absolute atomic E-state index is 0.00267. The van der Waals surface area contributed by atoms with Gasteiger partial charge in [0.15, 0.2) is 0 Å². The molecule has 122 valence electrons. The van der Waals surface area contributed by atoms with Crippen molar-refractivity contribution in [3.8, 4) is 0 Å². The first kappa shape index (κ1) is 17.0. The molecule has 3 N–H and O–H groups in total. The lowest BCUT2D eigenvalue weighted by Crippen LogP contribution is -2.49. The number of carbonyl (C=O) groups excluding carboxylic acids is 1. The normalized spacial score (nSPS) is 13.1. The fraction of sp³-hybridized carbons (Fsp3) is 0.333. The van der Waals surface area contributed by atoms with Crippen LogP contribution in [0, 0.1) is 0 Å². The van der Waals surface area contributed by atoms with Gasteiger partial charge in [0.2, 0.25) is 0 Å². The third-order valence-electron chi connectivity index (χ3n) is 3.86. The Hall–Kier alpha value is -2.40. The van der Waals surface area contributed by atoms with Crippen molar-refractivity contribution < 1.29 is 9.90 Å². The molecule has 1 atom stereocenters. The standard InChI is InChI=1S/C18H23N3O2/c1-18(10-14-22,16-5-3-2-4-6-16)21-17(23)20-13-9-15-7-11-19-12-8-15/h2-8,11-12,22H,9-10,13-14H2,1H3,(H2,20,21,23). The molecular formula is C18H23N3O2. The van der Waals surface area contributed by atoms with Crippen LogP contribution in [0.4, 0.5) is 4.79 Å². The topological polar surface area (TPSA) is 74.2 Å². The van der Waals surface area contributed by atoms with Crippen LogP contribution in [-0.2, 0) is 12.0 Å². The number of hydrogen-bond donors (Lipinski definition) is 3. The lowest BCUT2D eigenvalue weighted by Gasteiger charge is -2.31. The van der Waals surface area contributed by atoms with Crippen LogP contribution in [0.15, 0.2) is 54.9 Å². The molecule has 0 aliphatic rings. The molecule has 23 heavy (non-hydrogen) atoms. The highest BCUT2D eigenvalue weighted by Crippen LogP contribution is 2.23. The van der Waals surface area contributed by atoms with Crippen LogP contribution in [0.1, 0.15) is 24.5 Å². The van der Waals surface area contributed by atoms with Crippen molar-refractivity contribution in [2.75, 3.05) is 13.2 Å². The molecule has 0 aliphatic heterocycles. The van der Waals surface area contributed by atoms with Crippen molar-refractivity contribution in [1.82, 2.24) is 15.6 Å². The Bertz CT molecular complexity index is 604. The monoisotopic (exact) mass is 313 g/mol. The Morgan fingerprint density at radius 3 is 2.52 bits per heavy atom. The molecule has 0 spiro atoms. The maximum Gasteiger partial charge on any atom is 0.315 e. The summed E-state index contributed by atoms with van der Waals surface area (Å²) in [5.41, 5.74) is 1.50. The van der Waals surface area contributed by atoms with E-state index >= 15 is 0 Å². The maximum atomic E-state index is 12.2. The molecule has 0 bridgehead atoms. The first-order valence-electron chi connectivity index (χ1n) is 7.75. The van der Waals surface area contributed by atoms with Gasteiger partial charge in [-0.3, -0.25) is 4.98 Å². The number of urea groups is 1. The first-order chi connectivity index (χ1) is 11.1. The number of nitrogens with one attached hydrogen (secondary N) is 2. The summed E-state index contributed by atoms with van der Waals surface area (Å²) in [5.74, 6) is 0. The summed E-state index contributed by atoms with van der Waals surface area (Å²) in [5, 5.41) is 15.2. The molecule has 2 aromatic rings. The second-order valence-electron chi connectivity index (χ2n) is 5.66. The third kappa shape index (κ3) is 5.07. The van der Waals surface area contributed by atoms with E-state index in [2.05, 4.69) is 15.6 Å². The zero-order valence-electron chi connectivity index (χ0n) is 13.3. The van der Waals surface area contributed by atoms with E-state index in [9.17, 15) is 9.90 Å². The molecule has 0 radical (unpaired) electrons. The highest BCUT2D eigenvalue weighted by Gasteiger charge is 2.27. The summed E-state index contributed by atoms with van der Waals surface area (Å²) in [6.45, 7) is 2.46. The van der Waals surface area contributed by atoms with Crippen molar-refractivity contribution in [2.45, 2.75) is 25.3 Å². The lowest BCUT2D eigenvalue weighted by atomic mass is 9.89. The number of aliphatic hydroxyl groups is 1. The summed E-state index contributed by atoms with van der Waals surface area (Å²) in [4.78, 5) is 16.1. The van der Waals surface area contributed by atoms with E-state index in [0.717, 1.165) is 17.5 Å². The number of rotatable bonds is 7. The molecule has 1 unspecified atom stereocenters. The summed E-state index contributed by atoms with van der Waals surface area (Å²) in [6, 6.07) is 13.3. The lowest BCUT2D eigenvalue weighted by molar-refractivity contribution is 0.204. The van der Waals surface area contributed by atoms with Gasteiger partial charge in [0.1, 0.15) is 0 Å². The van der Waals surface area contributed by atoms with Gasteiger partial charge in [-0.25, -0.2) is 4.79 Å². The average molecular weight is 313 g/mol. The van der Waals surface area contributed by atoms with Crippen LogP contribution < -0.4 is 10.6 Å². The fourth-order valence-corrected chi connectivity index (χ4v) is 2.47. The Morgan fingerprint density at radius 1 is 1.17 bits per heavy atom. The molecule has 1 aromatic heterocycles.